The number of aromatic hydroxyl groups is 1. The van der Waals surface area contributed by atoms with Crippen molar-refractivity contribution < 1.29 is 5.11 Å². The first kappa shape index (κ1) is 11.0. The normalized spacial score (nSPS) is 27.7. The molecule has 3 N–H and O–H groups in total. The van der Waals surface area contributed by atoms with E-state index >= 15 is 0 Å². The highest BCUT2D eigenvalue weighted by Gasteiger charge is 2.58. The van der Waals surface area contributed by atoms with Crippen molar-refractivity contribution in [1.29, 1.82) is 0 Å². The van der Waals surface area contributed by atoms with E-state index in [1.807, 2.05) is 18.2 Å². The first-order chi connectivity index (χ1) is 7.00. The number of para-hydroxylation sites is 1. The molecule has 82 valence electrons. The zero-order chi connectivity index (χ0) is 11.2. The number of benzene rings is 1. The predicted molar refractivity (Wildman–Crippen MR) is 64.9 cm³/mol. The Balaban J connectivity index is 2.37. The third kappa shape index (κ3) is 1.58. The minimum atomic E-state index is 0.215. The monoisotopic (exact) mass is 269 g/mol. The quantitative estimate of drug-likeness (QED) is 0.868. The summed E-state index contributed by atoms with van der Waals surface area (Å²) >= 11 is 3.34. The fraction of sp³-hybridized carbons (Fsp3) is 0.500. The molecule has 15 heavy (non-hydrogen) atoms. The molecule has 1 aromatic rings. The number of phenolic OH excluding ortho intramolecular Hbond substituents is 1. The van der Waals surface area contributed by atoms with Crippen molar-refractivity contribution >= 4 is 15.9 Å². The molecule has 1 aliphatic carbocycles. The van der Waals surface area contributed by atoms with Gasteiger partial charge in [-0.1, -0.05) is 26.0 Å². The van der Waals surface area contributed by atoms with Gasteiger partial charge in [0.2, 0.25) is 0 Å². The van der Waals surface area contributed by atoms with Gasteiger partial charge in [-0.05, 0) is 51.4 Å². The van der Waals surface area contributed by atoms with Crippen molar-refractivity contribution in [2.24, 2.45) is 17.1 Å². The van der Waals surface area contributed by atoms with E-state index in [2.05, 4.69) is 29.8 Å². The van der Waals surface area contributed by atoms with Gasteiger partial charge in [-0.3, -0.25) is 0 Å². The van der Waals surface area contributed by atoms with Crippen molar-refractivity contribution in [3.63, 3.8) is 0 Å². The second-order valence-electron chi connectivity index (χ2n) is 4.82. The summed E-state index contributed by atoms with van der Waals surface area (Å²) in [5, 5.41) is 9.97. The number of nitrogens with two attached hydrogens (primary N) is 1. The van der Waals surface area contributed by atoms with Gasteiger partial charge >= 0.3 is 0 Å². The molecule has 0 saturated heterocycles. The van der Waals surface area contributed by atoms with Crippen LogP contribution in [0.15, 0.2) is 22.7 Å². The average Bonchev–Trinajstić information content (AvgIpc) is 2.73. The number of rotatable bonds is 2. The van der Waals surface area contributed by atoms with Crippen molar-refractivity contribution in [3.05, 3.63) is 28.2 Å². The van der Waals surface area contributed by atoms with Gasteiger partial charge in [0.1, 0.15) is 5.75 Å². The third-order valence-corrected chi connectivity index (χ3v) is 4.30. The van der Waals surface area contributed by atoms with E-state index in [4.69, 9.17) is 5.73 Å². The van der Waals surface area contributed by atoms with E-state index in [0.29, 0.717) is 24.1 Å². The molecule has 1 fully saturated rings. The Hall–Kier alpha value is -0.540. The second-order valence-corrected chi connectivity index (χ2v) is 5.67. The van der Waals surface area contributed by atoms with Gasteiger partial charge in [0, 0.05) is 0 Å². The summed E-state index contributed by atoms with van der Waals surface area (Å²) in [6.07, 6.45) is 0. The molecule has 2 rings (SSSR count). The first-order valence-electron chi connectivity index (χ1n) is 5.17. The molecule has 2 atom stereocenters. The van der Waals surface area contributed by atoms with E-state index in [0.717, 1.165) is 10.0 Å². The molecule has 2 nitrogen and oxygen atoms in total. The smallest absolute Gasteiger partial charge is 0.133 e. The molecule has 1 aromatic carbocycles. The lowest BCUT2D eigenvalue weighted by Gasteiger charge is -2.07. The van der Waals surface area contributed by atoms with Crippen LogP contribution in [0.1, 0.15) is 25.3 Å². The largest absolute Gasteiger partial charge is 0.506 e. The Morgan fingerprint density at radius 3 is 2.67 bits per heavy atom. The molecule has 0 bridgehead atoms. The van der Waals surface area contributed by atoms with E-state index in [1.54, 1.807) is 0 Å². The molecule has 1 saturated carbocycles. The fourth-order valence-corrected chi connectivity index (χ4v) is 2.97. The average molecular weight is 270 g/mol. The summed E-state index contributed by atoms with van der Waals surface area (Å²) in [7, 11) is 0. The van der Waals surface area contributed by atoms with E-state index in [9.17, 15) is 5.11 Å². The zero-order valence-electron chi connectivity index (χ0n) is 9.00. The molecular formula is C12H16BrNO. The van der Waals surface area contributed by atoms with Crippen molar-refractivity contribution in [3.8, 4) is 5.75 Å². The minimum Gasteiger partial charge on any atom is -0.506 e. The Labute approximate surface area is 98.6 Å². The van der Waals surface area contributed by atoms with E-state index in [1.165, 1.54) is 0 Å². The van der Waals surface area contributed by atoms with E-state index in [-0.39, 0.29) is 5.41 Å². The lowest BCUT2D eigenvalue weighted by atomic mass is 10.0. The van der Waals surface area contributed by atoms with Gasteiger partial charge in [-0.15, -0.1) is 0 Å². The van der Waals surface area contributed by atoms with Gasteiger partial charge in [0.25, 0.3) is 0 Å². The molecule has 3 heteroatoms. The molecule has 0 amide bonds. The highest BCUT2D eigenvalue weighted by Crippen LogP contribution is 2.65. The van der Waals surface area contributed by atoms with Crippen LogP contribution in [0, 0.1) is 11.3 Å². The number of phenols is 1. The van der Waals surface area contributed by atoms with Crippen LogP contribution in [0.3, 0.4) is 0 Å². The summed E-state index contributed by atoms with van der Waals surface area (Å²) in [6.45, 7) is 5.09. The van der Waals surface area contributed by atoms with E-state index < -0.39 is 0 Å². The molecule has 1 aliphatic rings. The zero-order valence-corrected chi connectivity index (χ0v) is 10.6. The maximum atomic E-state index is 9.97. The lowest BCUT2D eigenvalue weighted by Crippen LogP contribution is -2.05. The maximum absolute atomic E-state index is 9.97. The van der Waals surface area contributed by atoms with Crippen LogP contribution >= 0.6 is 15.9 Å². The Morgan fingerprint density at radius 2 is 2.13 bits per heavy atom. The van der Waals surface area contributed by atoms with Crippen LogP contribution in [0.4, 0.5) is 0 Å². The minimum absolute atomic E-state index is 0.215. The topological polar surface area (TPSA) is 46.2 Å². The van der Waals surface area contributed by atoms with Crippen LogP contribution in [0.25, 0.3) is 0 Å². The molecule has 0 aliphatic heterocycles. The molecule has 0 heterocycles. The second kappa shape index (κ2) is 3.49. The van der Waals surface area contributed by atoms with Gasteiger partial charge in [-0.2, -0.15) is 0 Å². The van der Waals surface area contributed by atoms with Crippen LogP contribution in [0.2, 0.25) is 0 Å². The number of hydrogen-bond acceptors (Lipinski definition) is 2. The van der Waals surface area contributed by atoms with Gasteiger partial charge < -0.3 is 10.8 Å². The van der Waals surface area contributed by atoms with Gasteiger partial charge in [0.05, 0.1) is 4.47 Å². The number of hydrogen-bond donors (Lipinski definition) is 2. The summed E-state index contributed by atoms with van der Waals surface area (Å²) in [5.74, 6) is 1.24. The third-order valence-electron chi connectivity index (χ3n) is 3.66. The lowest BCUT2D eigenvalue weighted by molar-refractivity contribution is 0.461. The summed E-state index contributed by atoms with van der Waals surface area (Å²) in [6, 6.07) is 5.80. The molecule has 0 spiro atoms. The summed E-state index contributed by atoms with van der Waals surface area (Å²) in [4.78, 5) is 0. The standard InChI is InChI=1S/C12H16BrNO/c1-12(2)8(6-14)10(12)7-4-3-5-9(13)11(7)15/h3-5,8,10,15H,6,14H2,1-2H3/t8-,10-/m1/s1. The van der Waals surface area contributed by atoms with Crippen molar-refractivity contribution in [1.82, 2.24) is 0 Å². The fourth-order valence-electron chi connectivity index (χ4n) is 2.58. The molecule has 0 aromatic heterocycles. The highest BCUT2D eigenvalue weighted by molar-refractivity contribution is 9.10. The number of halogens is 1. The Bertz CT molecular complexity index is 389. The Kier molecular flexibility index (Phi) is 2.55. The first-order valence-corrected chi connectivity index (χ1v) is 5.97. The molecule has 0 radical (unpaired) electrons. The maximum Gasteiger partial charge on any atom is 0.133 e. The summed E-state index contributed by atoms with van der Waals surface area (Å²) < 4.78 is 0.762. The molecule has 0 unspecified atom stereocenters. The van der Waals surface area contributed by atoms with Gasteiger partial charge in [0.15, 0.2) is 0 Å². The summed E-state index contributed by atoms with van der Waals surface area (Å²) in [5.41, 5.74) is 6.97. The van der Waals surface area contributed by atoms with Crippen LogP contribution in [-0.2, 0) is 0 Å². The van der Waals surface area contributed by atoms with Crippen molar-refractivity contribution in [2.45, 2.75) is 19.8 Å². The predicted octanol–water partition coefficient (Wildman–Crippen LogP) is 2.85. The highest BCUT2D eigenvalue weighted by atomic mass is 79.9. The van der Waals surface area contributed by atoms with Crippen LogP contribution in [0.5, 0.6) is 5.75 Å². The van der Waals surface area contributed by atoms with Crippen LogP contribution < -0.4 is 5.73 Å². The molecular weight excluding hydrogens is 254 g/mol. The SMILES string of the molecule is CC1(C)[C@H](CN)[C@H]1c1cccc(Br)c1O. The Morgan fingerprint density at radius 1 is 1.47 bits per heavy atom. The van der Waals surface area contributed by atoms with Crippen molar-refractivity contribution in [2.75, 3.05) is 6.54 Å². The van der Waals surface area contributed by atoms with Crippen LogP contribution in [-0.4, -0.2) is 11.7 Å². The van der Waals surface area contributed by atoms with Gasteiger partial charge in [-0.25, -0.2) is 0 Å².